The average molecular weight is 221 g/mol. The highest BCUT2D eigenvalue weighted by Crippen LogP contribution is 2.08. The molecule has 2 rings (SSSR count). The van der Waals surface area contributed by atoms with Gasteiger partial charge in [-0.25, -0.2) is 0 Å². The SMILES string of the molecule is O=C(Cc1cccs1)NCc1ccn[nH]1. The number of aromatic amines is 1. The third-order valence-corrected chi connectivity index (χ3v) is 2.83. The van der Waals surface area contributed by atoms with Crippen LogP contribution >= 0.6 is 11.3 Å². The largest absolute Gasteiger partial charge is 0.350 e. The molecule has 0 radical (unpaired) electrons. The predicted octanol–water partition coefficient (Wildman–Crippen LogP) is 1.33. The highest BCUT2D eigenvalue weighted by atomic mass is 32.1. The topological polar surface area (TPSA) is 57.8 Å². The second-order valence-electron chi connectivity index (χ2n) is 3.11. The van der Waals surface area contributed by atoms with Crippen LogP contribution in [0, 0.1) is 0 Å². The van der Waals surface area contributed by atoms with E-state index in [4.69, 9.17) is 0 Å². The summed E-state index contributed by atoms with van der Waals surface area (Å²) in [5, 5.41) is 11.4. The van der Waals surface area contributed by atoms with E-state index in [1.54, 1.807) is 17.5 Å². The number of thiophene rings is 1. The Morgan fingerprint density at radius 3 is 3.13 bits per heavy atom. The standard InChI is InChI=1S/C10H11N3OS/c14-10(6-9-2-1-5-15-9)11-7-8-3-4-12-13-8/h1-5H,6-7H2,(H,11,14)(H,12,13). The molecule has 1 amide bonds. The third kappa shape index (κ3) is 2.92. The van der Waals surface area contributed by atoms with E-state index >= 15 is 0 Å². The van der Waals surface area contributed by atoms with Gasteiger partial charge in [-0.15, -0.1) is 11.3 Å². The van der Waals surface area contributed by atoms with E-state index < -0.39 is 0 Å². The maximum Gasteiger partial charge on any atom is 0.225 e. The lowest BCUT2D eigenvalue weighted by molar-refractivity contribution is -0.120. The van der Waals surface area contributed by atoms with Gasteiger partial charge in [0.05, 0.1) is 18.7 Å². The molecule has 0 saturated carbocycles. The van der Waals surface area contributed by atoms with Crippen molar-refractivity contribution in [3.8, 4) is 0 Å². The predicted molar refractivity (Wildman–Crippen MR) is 58.5 cm³/mol. The maximum atomic E-state index is 11.5. The van der Waals surface area contributed by atoms with Crippen molar-refractivity contribution in [3.05, 3.63) is 40.3 Å². The van der Waals surface area contributed by atoms with Crippen LogP contribution in [0.3, 0.4) is 0 Å². The van der Waals surface area contributed by atoms with Gasteiger partial charge in [-0.2, -0.15) is 5.10 Å². The molecule has 5 heteroatoms. The first kappa shape index (κ1) is 9.92. The van der Waals surface area contributed by atoms with Gasteiger partial charge >= 0.3 is 0 Å². The fourth-order valence-electron chi connectivity index (χ4n) is 1.21. The Morgan fingerprint density at radius 2 is 2.47 bits per heavy atom. The minimum Gasteiger partial charge on any atom is -0.350 e. The second-order valence-corrected chi connectivity index (χ2v) is 4.15. The van der Waals surface area contributed by atoms with Crippen molar-refractivity contribution < 1.29 is 4.79 Å². The Kier molecular flexibility index (Phi) is 3.14. The molecular formula is C10H11N3OS. The number of nitrogens with one attached hydrogen (secondary N) is 2. The number of aromatic nitrogens is 2. The number of hydrogen-bond acceptors (Lipinski definition) is 3. The Morgan fingerprint density at radius 1 is 1.53 bits per heavy atom. The first-order valence-electron chi connectivity index (χ1n) is 4.62. The Bertz CT molecular complexity index is 408. The van der Waals surface area contributed by atoms with Crippen molar-refractivity contribution >= 4 is 17.2 Å². The van der Waals surface area contributed by atoms with Gasteiger partial charge in [-0.3, -0.25) is 9.89 Å². The van der Waals surface area contributed by atoms with Gasteiger partial charge in [0.15, 0.2) is 0 Å². The monoisotopic (exact) mass is 221 g/mol. The van der Waals surface area contributed by atoms with Crippen LogP contribution in [0.15, 0.2) is 29.8 Å². The summed E-state index contributed by atoms with van der Waals surface area (Å²) in [5.41, 5.74) is 0.912. The van der Waals surface area contributed by atoms with Gasteiger partial charge in [-0.1, -0.05) is 6.07 Å². The van der Waals surface area contributed by atoms with Crippen molar-refractivity contribution in [1.82, 2.24) is 15.5 Å². The van der Waals surface area contributed by atoms with Crippen molar-refractivity contribution in [1.29, 1.82) is 0 Å². The van der Waals surface area contributed by atoms with Crippen LogP contribution in [0.25, 0.3) is 0 Å². The number of rotatable bonds is 4. The van der Waals surface area contributed by atoms with Gasteiger partial charge in [0, 0.05) is 11.1 Å². The molecule has 0 aliphatic carbocycles. The van der Waals surface area contributed by atoms with Crippen LogP contribution in [0.2, 0.25) is 0 Å². The number of H-pyrrole nitrogens is 1. The van der Waals surface area contributed by atoms with E-state index in [-0.39, 0.29) is 5.91 Å². The molecule has 2 heterocycles. The Balaban J connectivity index is 1.78. The molecule has 0 spiro atoms. The molecule has 0 fully saturated rings. The lowest BCUT2D eigenvalue weighted by Gasteiger charge is -2.01. The normalized spacial score (nSPS) is 10.1. The number of hydrogen-bond donors (Lipinski definition) is 2. The summed E-state index contributed by atoms with van der Waals surface area (Å²) in [6, 6.07) is 5.74. The molecule has 2 aromatic heterocycles. The van der Waals surface area contributed by atoms with Gasteiger partial charge in [0.2, 0.25) is 5.91 Å². The summed E-state index contributed by atoms with van der Waals surface area (Å²) in [6.45, 7) is 0.504. The van der Waals surface area contributed by atoms with Gasteiger partial charge in [0.1, 0.15) is 0 Å². The molecule has 0 aliphatic rings. The lowest BCUT2D eigenvalue weighted by Crippen LogP contribution is -2.24. The quantitative estimate of drug-likeness (QED) is 0.818. The van der Waals surface area contributed by atoms with Crippen LogP contribution in [-0.4, -0.2) is 16.1 Å². The molecule has 2 aromatic rings. The second kappa shape index (κ2) is 4.75. The first-order chi connectivity index (χ1) is 7.34. The van der Waals surface area contributed by atoms with Crippen LogP contribution < -0.4 is 5.32 Å². The molecular weight excluding hydrogens is 210 g/mol. The smallest absolute Gasteiger partial charge is 0.225 e. The summed E-state index contributed by atoms with van der Waals surface area (Å²) in [5.74, 6) is 0.0343. The highest BCUT2D eigenvalue weighted by Gasteiger charge is 2.03. The zero-order valence-electron chi connectivity index (χ0n) is 8.06. The van der Waals surface area contributed by atoms with Crippen molar-refractivity contribution in [2.75, 3.05) is 0 Å². The summed E-state index contributed by atoms with van der Waals surface area (Å²) in [6.07, 6.45) is 2.12. The van der Waals surface area contributed by atoms with Crippen LogP contribution in [-0.2, 0) is 17.8 Å². The van der Waals surface area contributed by atoms with Crippen molar-refractivity contribution in [2.24, 2.45) is 0 Å². The molecule has 0 bridgehead atoms. The zero-order chi connectivity index (χ0) is 10.5. The van der Waals surface area contributed by atoms with Gasteiger partial charge in [0.25, 0.3) is 0 Å². The molecule has 4 nitrogen and oxygen atoms in total. The third-order valence-electron chi connectivity index (χ3n) is 1.95. The number of amides is 1. The van der Waals surface area contributed by atoms with Gasteiger partial charge in [-0.05, 0) is 17.5 Å². The van der Waals surface area contributed by atoms with Crippen LogP contribution in [0.1, 0.15) is 10.6 Å². The number of carbonyl (C=O) groups is 1. The van der Waals surface area contributed by atoms with E-state index in [0.717, 1.165) is 10.6 Å². The first-order valence-corrected chi connectivity index (χ1v) is 5.50. The molecule has 78 valence electrons. The molecule has 15 heavy (non-hydrogen) atoms. The Hall–Kier alpha value is -1.62. The molecule has 0 aliphatic heterocycles. The van der Waals surface area contributed by atoms with Crippen LogP contribution in [0.4, 0.5) is 0 Å². The summed E-state index contributed by atoms with van der Waals surface area (Å²) >= 11 is 1.59. The van der Waals surface area contributed by atoms with E-state index in [0.29, 0.717) is 13.0 Å². The zero-order valence-corrected chi connectivity index (χ0v) is 8.88. The molecule has 0 atom stereocenters. The van der Waals surface area contributed by atoms with E-state index in [9.17, 15) is 4.79 Å². The lowest BCUT2D eigenvalue weighted by atomic mass is 10.3. The molecule has 0 aromatic carbocycles. The van der Waals surface area contributed by atoms with E-state index in [1.807, 2.05) is 23.6 Å². The fraction of sp³-hybridized carbons (Fsp3) is 0.200. The fourth-order valence-corrected chi connectivity index (χ4v) is 1.91. The molecule has 0 unspecified atom stereocenters. The number of nitrogens with zero attached hydrogens (tertiary/aromatic N) is 1. The maximum absolute atomic E-state index is 11.5. The Labute approximate surface area is 91.3 Å². The number of carbonyl (C=O) groups excluding carboxylic acids is 1. The van der Waals surface area contributed by atoms with Crippen molar-refractivity contribution in [3.63, 3.8) is 0 Å². The minimum atomic E-state index is 0.0343. The van der Waals surface area contributed by atoms with Gasteiger partial charge < -0.3 is 5.32 Å². The van der Waals surface area contributed by atoms with Crippen LogP contribution in [0.5, 0.6) is 0 Å². The van der Waals surface area contributed by atoms with E-state index in [1.165, 1.54) is 0 Å². The summed E-state index contributed by atoms with van der Waals surface area (Å²) in [7, 11) is 0. The summed E-state index contributed by atoms with van der Waals surface area (Å²) in [4.78, 5) is 12.5. The molecule has 2 N–H and O–H groups in total. The van der Waals surface area contributed by atoms with E-state index in [2.05, 4.69) is 15.5 Å². The molecule has 0 saturated heterocycles. The highest BCUT2D eigenvalue weighted by molar-refractivity contribution is 7.10. The summed E-state index contributed by atoms with van der Waals surface area (Å²) < 4.78 is 0. The minimum absolute atomic E-state index is 0.0343. The average Bonchev–Trinajstić information content (AvgIpc) is 2.86. The van der Waals surface area contributed by atoms with Crippen molar-refractivity contribution in [2.45, 2.75) is 13.0 Å².